The first-order valence-electron chi connectivity index (χ1n) is 8.16. The largest absolute Gasteiger partial charge is 0.391 e. The highest BCUT2D eigenvalue weighted by Gasteiger charge is 2.32. The molecule has 0 bridgehead atoms. The Balaban J connectivity index is 1.82. The molecule has 4 unspecified atom stereocenters. The predicted molar refractivity (Wildman–Crippen MR) is 78.2 cm³/mol. The lowest BCUT2D eigenvalue weighted by Gasteiger charge is -2.40. The standard InChI is InChI=1S/C16H31NO2/c1-3-5-13-7-8-16(18)15(10-13)17(2)11-14-6-4-9-19-12-14/h13-16,18H,3-12H2,1-2H3. The minimum absolute atomic E-state index is 0.123. The van der Waals surface area contributed by atoms with E-state index in [1.54, 1.807) is 0 Å². The number of aliphatic hydroxyl groups excluding tert-OH is 1. The average Bonchev–Trinajstić information content (AvgIpc) is 2.42. The summed E-state index contributed by atoms with van der Waals surface area (Å²) in [5, 5.41) is 10.3. The van der Waals surface area contributed by atoms with Gasteiger partial charge in [0.25, 0.3) is 0 Å². The van der Waals surface area contributed by atoms with Crippen molar-refractivity contribution in [3.05, 3.63) is 0 Å². The second kappa shape index (κ2) is 7.61. The molecule has 3 nitrogen and oxygen atoms in total. The van der Waals surface area contributed by atoms with E-state index in [0.717, 1.165) is 32.1 Å². The topological polar surface area (TPSA) is 32.7 Å². The zero-order valence-electron chi connectivity index (χ0n) is 12.7. The molecule has 0 aromatic rings. The zero-order chi connectivity index (χ0) is 13.7. The molecule has 3 heteroatoms. The van der Waals surface area contributed by atoms with Crippen molar-refractivity contribution in [1.82, 2.24) is 4.90 Å². The maximum absolute atomic E-state index is 10.3. The van der Waals surface area contributed by atoms with Gasteiger partial charge in [0, 0.05) is 19.2 Å². The van der Waals surface area contributed by atoms with Crippen molar-refractivity contribution in [1.29, 1.82) is 0 Å². The Labute approximate surface area is 118 Å². The van der Waals surface area contributed by atoms with Crippen molar-refractivity contribution >= 4 is 0 Å². The van der Waals surface area contributed by atoms with Crippen LogP contribution in [0, 0.1) is 11.8 Å². The third-order valence-electron chi connectivity index (χ3n) is 4.95. The monoisotopic (exact) mass is 269 g/mol. The molecule has 4 atom stereocenters. The first kappa shape index (κ1) is 15.3. The fourth-order valence-electron chi connectivity index (χ4n) is 3.85. The van der Waals surface area contributed by atoms with Gasteiger partial charge < -0.3 is 14.7 Å². The van der Waals surface area contributed by atoms with E-state index >= 15 is 0 Å². The summed E-state index contributed by atoms with van der Waals surface area (Å²) in [6.45, 7) is 5.19. The summed E-state index contributed by atoms with van der Waals surface area (Å²) in [6.07, 6.45) is 8.33. The van der Waals surface area contributed by atoms with Crippen molar-refractivity contribution in [2.75, 3.05) is 26.8 Å². The number of aliphatic hydroxyl groups is 1. The molecular formula is C16H31NO2. The summed E-state index contributed by atoms with van der Waals surface area (Å²) in [5.74, 6) is 1.49. The zero-order valence-corrected chi connectivity index (χ0v) is 12.7. The fourth-order valence-corrected chi connectivity index (χ4v) is 3.85. The van der Waals surface area contributed by atoms with Crippen LogP contribution < -0.4 is 0 Å². The van der Waals surface area contributed by atoms with Gasteiger partial charge >= 0.3 is 0 Å². The van der Waals surface area contributed by atoms with Gasteiger partial charge in [0.15, 0.2) is 0 Å². The van der Waals surface area contributed by atoms with Crippen molar-refractivity contribution in [2.45, 2.75) is 64.0 Å². The van der Waals surface area contributed by atoms with Gasteiger partial charge in [0.1, 0.15) is 0 Å². The minimum Gasteiger partial charge on any atom is -0.391 e. The number of nitrogens with zero attached hydrogens (tertiary/aromatic N) is 1. The predicted octanol–water partition coefficient (Wildman–Crippen LogP) is 2.67. The molecule has 1 N–H and O–H groups in total. The molecule has 0 amide bonds. The molecule has 1 aliphatic heterocycles. The van der Waals surface area contributed by atoms with E-state index in [9.17, 15) is 5.11 Å². The SMILES string of the molecule is CCCC1CCC(O)C(N(C)CC2CCCOC2)C1. The normalized spacial score (nSPS) is 36.6. The van der Waals surface area contributed by atoms with Gasteiger partial charge in [-0.3, -0.25) is 0 Å². The van der Waals surface area contributed by atoms with E-state index in [-0.39, 0.29) is 6.10 Å². The maximum Gasteiger partial charge on any atom is 0.0695 e. The van der Waals surface area contributed by atoms with Gasteiger partial charge in [0.05, 0.1) is 12.7 Å². The highest BCUT2D eigenvalue weighted by molar-refractivity contribution is 4.86. The maximum atomic E-state index is 10.3. The van der Waals surface area contributed by atoms with Crippen LogP contribution in [-0.2, 0) is 4.74 Å². The Bertz CT molecular complexity index is 253. The van der Waals surface area contributed by atoms with Gasteiger partial charge in [-0.15, -0.1) is 0 Å². The van der Waals surface area contributed by atoms with Gasteiger partial charge in [-0.1, -0.05) is 19.8 Å². The third kappa shape index (κ3) is 4.44. The quantitative estimate of drug-likeness (QED) is 0.833. The fraction of sp³-hybridized carbons (Fsp3) is 1.00. The van der Waals surface area contributed by atoms with Gasteiger partial charge in [0.2, 0.25) is 0 Å². The van der Waals surface area contributed by atoms with Crippen LogP contribution in [0.2, 0.25) is 0 Å². The summed E-state index contributed by atoms with van der Waals surface area (Å²) in [4.78, 5) is 2.41. The van der Waals surface area contributed by atoms with Crippen molar-refractivity contribution in [2.24, 2.45) is 11.8 Å². The van der Waals surface area contributed by atoms with Crippen LogP contribution in [0.4, 0.5) is 0 Å². The van der Waals surface area contributed by atoms with E-state index in [2.05, 4.69) is 18.9 Å². The number of ether oxygens (including phenoxy) is 1. The second-order valence-electron chi connectivity index (χ2n) is 6.63. The number of likely N-dealkylation sites (N-methyl/N-ethyl adjacent to an activating group) is 1. The molecule has 1 heterocycles. The molecule has 1 saturated heterocycles. The Morgan fingerprint density at radius 1 is 1.21 bits per heavy atom. The molecule has 2 rings (SSSR count). The second-order valence-corrected chi connectivity index (χ2v) is 6.63. The van der Waals surface area contributed by atoms with Crippen LogP contribution in [0.5, 0.6) is 0 Å². The molecule has 112 valence electrons. The average molecular weight is 269 g/mol. The number of hydrogen-bond donors (Lipinski definition) is 1. The summed E-state index contributed by atoms with van der Waals surface area (Å²) in [6, 6.07) is 0.368. The number of hydrogen-bond acceptors (Lipinski definition) is 3. The van der Waals surface area contributed by atoms with E-state index in [1.165, 1.54) is 38.5 Å². The third-order valence-corrected chi connectivity index (χ3v) is 4.95. The van der Waals surface area contributed by atoms with Crippen LogP contribution in [0.15, 0.2) is 0 Å². The molecule has 1 saturated carbocycles. The molecule has 0 spiro atoms. The van der Waals surface area contributed by atoms with Crippen LogP contribution in [-0.4, -0.2) is 49.0 Å². The van der Waals surface area contributed by atoms with Crippen molar-refractivity contribution < 1.29 is 9.84 Å². The minimum atomic E-state index is -0.123. The summed E-state index contributed by atoms with van der Waals surface area (Å²) in [5.41, 5.74) is 0. The van der Waals surface area contributed by atoms with E-state index in [1.807, 2.05) is 0 Å². The van der Waals surface area contributed by atoms with E-state index in [4.69, 9.17) is 4.74 Å². The molecule has 19 heavy (non-hydrogen) atoms. The molecule has 0 radical (unpaired) electrons. The Kier molecular flexibility index (Phi) is 6.11. The Hall–Kier alpha value is -0.120. The Morgan fingerprint density at radius 2 is 2.05 bits per heavy atom. The van der Waals surface area contributed by atoms with Crippen molar-refractivity contribution in [3.63, 3.8) is 0 Å². The smallest absolute Gasteiger partial charge is 0.0695 e. The Morgan fingerprint density at radius 3 is 2.74 bits per heavy atom. The molecule has 1 aliphatic carbocycles. The van der Waals surface area contributed by atoms with Gasteiger partial charge in [-0.05, 0) is 51.0 Å². The van der Waals surface area contributed by atoms with Crippen LogP contribution in [0.1, 0.15) is 51.9 Å². The summed E-state index contributed by atoms with van der Waals surface area (Å²) < 4.78 is 5.57. The molecule has 0 aromatic carbocycles. The highest BCUT2D eigenvalue weighted by atomic mass is 16.5. The van der Waals surface area contributed by atoms with E-state index < -0.39 is 0 Å². The molecule has 2 aliphatic rings. The lowest BCUT2D eigenvalue weighted by Crippen LogP contribution is -2.47. The van der Waals surface area contributed by atoms with Gasteiger partial charge in [-0.2, -0.15) is 0 Å². The first-order valence-corrected chi connectivity index (χ1v) is 8.16. The molecule has 2 fully saturated rings. The van der Waals surface area contributed by atoms with Crippen LogP contribution in [0.25, 0.3) is 0 Å². The lowest BCUT2D eigenvalue weighted by molar-refractivity contribution is -0.0117. The summed E-state index contributed by atoms with van der Waals surface area (Å²) in [7, 11) is 2.19. The first-order chi connectivity index (χ1) is 9.20. The van der Waals surface area contributed by atoms with Crippen LogP contribution >= 0.6 is 0 Å². The van der Waals surface area contributed by atoms with E-state index in [0.29, 0.717) is 12.0 Å². The van der Waals surface area contributed by atoms with Gasteiger partial charge in [-0.25, -0.2) is 0 Å². The lowest BCUT2D eigenvalue weighted by atomic mass is 9.80. The van der Waals surface area contributed by atoms with Crippen molar-refractivity contribution in [3.8, 4) is 0 Å². The van der Waals surface area contributed by atoms with Crippen LogP contribution in [0.3, 0.4) is 0 Å². The molecular weight excluding hydrogens is 238 g/mol. The molecule has 0 aromatic heterocycles. The highest BCUT2D eigenvalue weighted by Crippen LogP contribution is 2.31. The number of rotatable bonds is 5. The summed E-state index contributed by atoms with van der Waals surface area (Å²) >= 11 is 0.